The molecule has 3 nitrogen and oxygen atoms in total. The smallest absolute Gasteiger partial charge is 0.137 e. The topological polar surface area (TPSA) is 31.9 Å². The lowest BCUT2D eigenvalue weighted by Crippen LogP contribution is -2.28. The van der Waals surface area contributed by atoms with Crippen LogP contribution in [-0.2, 0) is 6.54 Å². The monoisotopic (exact) mass is 315 g/mol. The van der Waals surface area contributed by atoms with Crippen LogP contribution in [0, 0.1) is 0 Å². The molecule has 0 saturated heterocycles. The average molecular weight is 315 g/mol. The molecule has 0 fully saturated rings. The number of aromatic nitrogens is 2. The molecule has 0 bridgehead atoms. The van der Waals surface area contributed by atoms with Gasteiger partial charge in [-0.1, -0.05) is 66.7 Å². The number of rotatable bonds is 4. The summed E-state index contributed by atoms with van der Waals surface area (Å²) in [5.74, 6) is 0.947. The van der Waals surface area contributed by atoms with Crippen molar-refractivity contribution in [2.24, 2.45) is 0 Å². The largest absolute Gasteiger partial charge is 0.341 e. The van der Waals surface area contributed by atoms with Crippen LogP contribution in [0.2, 0.25) is 0 Å². The van der Waals surface area contributed by atoms with Crippen LogP contribution < -0.4 is 0 Å². The molecule has 3 aromatic rings. The molecule has 0 saturated carbocycles. The maximum Gasteiger partial charge on any atom is 0.137 e. The van der Waals surface area contributed by atoms with Crippen LogP contribution in [-0.4, -0.2) is 28.0 Å². The Labute approximate surface area is 142 Å². The molecule has 1 aliphatic rings. The molecule has 0 atom stereocenters. The van der Waals surface area contributed by atoms with Crippen molar-refractivity contribution in [1.82, 2.24) is 14.9 Å². The summed E-state index contributed by atoms with van der Waals surface area (Å²) >= 11 is 0. The third kappa shape index (κ3) is 3.31. The summed E-state index contributed by atoms with van der Waals surface area (Å²) in [6.45, 7) is 2.99. The zero-order valence-electron chi connectivity index (χ0n) is 13.7. The average Bonchev–Trinajstić information content (AvgIpc) is 3.12. The minimum absolute atomic E-state index is 0.915. The SMILES string of the molecule is C1=C(c2ccccc2)CCN(Cc2cnc(-c3ccccc3)[nH]2)C1. The van der Waals surface area contributed by atoms with Gasteiger partial charge < -0.3 is 4.98 Å². The molecular weight excluding hydrogens is 294 g/mol. The van der Waals surface area contributed by atoms with Crippen LogP contribution in [0.3, 0.4) is 0 Å². The summed E-state index contributed by atoms with van der Waals surface area (Å²) in [6.07, 6.45) is 5.41. The van der Waals surface area contributed by atoms with Gasteiger partial charge in [0, 0.05) is 37.1 Å². The van der Waals surface area contributed by atoms with Gasteiger partial charge in [0.05, 0.1) is 0 Å². The van der Waals surface area contributed by atoms with Gasteiger partial charge in [0.25, 0.3) is 0 Å². The second-order valence-electron chi connectivity index (χ2n) is 6.20. The maximum atomic E-state index is 4.52. The van der Waals surface area contributed by atoms with Gasteiger partial charge in [-0.15, -0.1) is 0 Å². The first kappa shape index (κ1) is 14.9. The van der Waals surface area contributed by atoms with E-state index in [1.165, 1.54) is 16.8 Å². The molecule has 0 amide bonds. The third-order valence-electron chi connectivity index (χ3n) is 4.51. The first-order valence-corrected chi connectivity index (χ1v) is 8.44. The predicted molar refractivity (Wildman–Crippen MR) is 98.3 cm³/mol. The third-order valence-corrected chi connectivity index (χ3v) is 4.51. The first-order chi connectivity index (χ1) is 11.9. The van der Waals surface area contributed by atoms with Crippen LogP contribution in [0.5, 0.6) is 0 Å². The Morgan fingerprint density at radius 2 is 1.62 bits per heavy atom. The summed E-state index contributed by atoms with van der Waals surface area (Å²) < 4.78 is 0. The van der Waals surface area contributed by atoms with Crippen molar-refractivity contribution < 1.29 is 0 Å². The Kier molecular flexibility index (Phi) is 4.26. The minimum atomic E-state index is 0.915. The molecule has 1 N–H and O–H groups in total. The number of imidazole rings is 1. The van der Waals surface area contributed by atoms with Crippen molar-refractivity contribution in [3.05, 3.63) is 84.2 Å². The molecule has 2 heterocycles. The van der Waals surface area contributed by atoms with Crippen molar-refractivity contribution in [1.29, 1.82) is 0 Å². The lowest BCUT2D eigenvalue weighted by molar-refractivity contribution is 0.291. The van der Waals surface area contributed by atoms with Crippen molar-refractivity contribution >= 4 is 5.57 Å². The normalized spacial score (nSPS) is 15.2. The highest BCUT2D eigenvalue weighted by Crippen LogP contribution is 2.23. The summed E-state index contributed by atoms with van der Waals surface area (Å²) in [5, 5.41) is 0. The number of nitrogens with one attached hydrogen (secondary N) is 1. The van der Waals surface area contributed by atoms with E-state index in [0.717, 1.165) is 37.4 Å². The van der Waals surface area contributed by atoms with Crippen LogP contribution >= 0.6 is 0 Å². The van der Waals surface area contributed by atoms with Crippen molar-refractivity contribution in [3.63, 3.8) is 0 Å². The molecule has 3 heteroatoms. The van der Waals surface area contributed by atoms with Gasteiger partial charge >= 0.3 is 0 Å². The molecule has 1 aliphatic heterocycles. The van der Waals surface area contributed by atoms with Gasteiger partial charge in [-0.2, -0.15) is 0 Å². The molecule has 0 radical (unpaired) electrons. The van der Waals surface area contributed by atoms with Crippen LogP contribution in [0.4, 0.5) is 0 Å². The maximum absolute atomic E-state index is 4.52. The molecule has 24 heavy (non-hydrogen) atoms. The quantitative estimate of drug-likeness (QED) is 0.775. The molecule has 0 unspecified atom stereocenters. The number of aromatic amines is 1. The summed E-state index contributed by atoms with van der Waals surface area (Å²) in [7, 11) is 0. The highest BCUT2D eigenvalue weighted by molar-refractivity contribution is 5.66. The number of nitrogens with zero attached hydrogens (tertiary/aromatic N) is 2. The molecule has 0 aliphatic carbocycles. The molecule has 4 rings (SSSR count). The van der Waals surface area contributed by atoms with E-state index >= 15 is 0 Å². The lowest BCUT2D eigenvalue weighted by Gasteiger charge is -2.25. The molecule has 120 valence electrons. The number of hydrogen-bond donors (Lipinski definition) is 1. The van der Waals surface area contributed by atoms with E-state index in [2.05, 4.69) is 63.4 Å². The van der Waals surface area contributed by atoms with Gasteiger partial charge in [0.2, 0.25) is 0 Å². The molecule has 2 aromatic carbocycles. The lowest BCUT2D eigenvalue weighted by atomic mass is 9.99. The van der Waals surface area contributed by atoms with Crippen LogP contribution in [0.15, 0.2) is 72.9 Å². The predicted octanol–water partition coefficient (Wildman–Crippen LogP) is 4.37. The van der Waals surface area contributed by atoms with Crippen molar-refractivity contribution in [2.75, 3.05) is 13.1 Å². The van der Waals surface area contributed by atoms with E-state index in [1.807, 2.05) is 24.4 Å². The fourth-order valence-electron chi connectivity index (χ4n) is 3.19. The van der Waals surface area contributed by atoms with Crippen molar-refractivity contribution in [3.8, 4) is 11.4 Å². The fourth-order valence-corrected chi connectivity index (χ4v) is 3.19. The fraction of sp³-hybridized carbons (Fsp3) is 0.190. The first-order valence-electron chi connectivity index (χ1n) is 8.44. The second kappa shape index (κ2) is 6.85. The van der Waals surface area contributed by atoms with E-state index in [-0.39, 0.29) is 0 Å². The Morgan fingerprint density at radius 3 is 2.29 bits per heavy atom. The zero-order chi connectivity index (χ0) is 16.2. The van der Waals surface area contributed by atoms with E-state index < -0.39 is 0 Å². The van der Waals surface area contributed by atoms with E-state index in [4.69, 9.17) is 0 Å². The van der Waals surface area contributed by atoms with Gasteiger partial charge in [-0.3, -0.25) is 4.90 Å². The van der Waals surface area contributed by atoms with Crippen LogP contribution in [0.25, 0.3) is 17.0 Å². The standard InChI is InChI=1S/C21H21N3/c1-3-7-17(8-4-1)18-11-13-24(14-12-18)16-20-15-22-21(23-20)19-9-5-2-6-10-19/h1-11,15H,12-14,16H2,(H,22,23). The summed E-state index contributed by atoms with van der Waals surface area (Å²) in [5.41, 5.74) is 5.12. The molecule has 0 spiro atoms. The molecule has 1 aromatic heterocycles. The Morgan fingerprint density at radius 1 is 0.917 bits per heavy atom. The number of H-pyrrole nitrogens is 1. The summed E-state index contributed by atoms with van der Waals surface area (Å²) in [6, 6.07) is 21.0. The highest BCUT2D eigenvalue weighted by atomic mass is 15.1. The Hall–Kier alpha value is -2.65. The van der Waals surface area contributed by atoms with E-state index in [1.54, 1.807) is 0 Å². The Bertz CT molecular complexity index is 819. The minimum Gasteiger partial charge on any atom is -0.341 e. The zero-order valence-corrected chi connectivity index (χ0v) is 13.7. The van der Waals surface area contributed by atoms with Gasteiger partial charge in [0.1, 0.15) is 5.82 Å². The van der Waals surface area contributed by atoms with E-state index in [0.29, 0.717) is 0 Å². The highest BCUT2D eigenvalue weighted by Gasteiger charge is 2.14. The number of benzene rings is 2. The van der Waals surface area contributed by atoms with Crippen molar-refractivity contribution in [2.45, 2.75) is 13.0 Å². The van der Waals surface area contributed by atoms with E-state index in [9.17, 15) is 0 Å². The second-order valence-corrected chi connectivity index (χ2v) is 6.20. The number of hydrogen-bond acceptors (Lipinski definition) is 2. The summed E-state index contributed by atoms with van der Waals surface area (Å²) in [4.78, 5) is 10.4. The van der Waals surface area contributed by atoms with Gasteiger partial charge in [-0.05, 0) is 17.6 Å². The van der Waals surface area contributed by atoms with Crippen LogP contribution in [0.1, 0.15) is 17.7 Å². The van der Waals surface area contributed by atoms with Gasteiger partial charge in [0.15, 0.2) is 0 Å². The molecular formula is C21H21N3. The Balaban J connectivity index is 1.41. The van der Waals surface area contributed by atoms with Gasteiger partial charge in [-0.25, -0.2) is 4.98 Å².